The Bertz CT molecular complexity index is 993. The number of anilines is 2. The second kappa shape index (κ2) is 7.30. The van der Waals surface area contributed by atoms with Gasteiger partial charge in [0.15, 0.2) is 5.82 Å². The van der Waals surface area contributed by atoms with Crippen LogP contribution in [0.1, 0.15) is 21.5 Å². The monoisotopic (exact) mass is 354 g/mol. The minimum absolute atomic E-state index is 0.0758. The summed E-state index contributed by atoms with van der Waals surface area (Å²) in [6, 6.07) is 22.8. The Kier molecular flexibility index (Phi) is 4.54. The van der Waals surface area contributed by atoms with E-state index in [2.05, 4.69) is 28.1 Å². The van der Waals surface area contributed by atoms with Crippen LogP contribution >= 0.6 is 0 Å². The maximum absolute atomic E-state index is 13.0. The minimum atomic E-state index is -0.0758. The Hall–Kier alpha value is -3.65. The van der Waals surface area contributed by atoms with Crippen molar-refractivity contribution >= 4 is 17.4 Å². The highest BCUT2D eigenvalue weighted by molar-refractivity contribution is 6.08. The van der Waals surface area contributed by atoms with Gasteiger partial charge in [-0.1, -0.05) is 30.3 Å². The average Bonchev–Trinajstić information content (AvgIpc) is 2.74. The summed E-state index contributed by atoms with van der Waals surface area (Å²) in [6.45, 7) is 2.05. The van der Waals surface area contributed by atoms with Crippen molar-refractivity contribution in [2.75, 3.05) is 22.9 Å². The number of hydrogen-bond acceptors (Lipinski definition) is 4. The van der Waals surface area contributed by atoms with Gasteiger partial charge in [0.1, 0.15) is 0 Å². The molecule has 0 N–H and O–H groups in total. The third-order valence-corrected chi connectivity index (χ3v) is 4.67. The van der Waals surface area contributed by atoms with Gasteiger partial charge in [-0.2, -0.15) is 5.26 Å². The zero-order valence-electron chi connectivity index (χ0n) is 14.7. The maximum Gasteiger partial charge on any atom is 0.258 e. The molecule has 1 amide bonds. The van der Waals surface area contributed by atoms with Crippen molar-refractivity contribution in [2.24, 2.45) is 0 Å². The van der Waals surface area contributed by atoms with E-state index in [1.54, 1.807) is 35.4 Å². The SMILES string of the molecule is N#Cc1ccc(C(=O)N2CCN(Cc3ccccc3)c3ncccc32)cc1. The summed E-state index contributed by atoms with van der Waals surface area (Å²) in [6.07, 6.45) is 1.76. The second-order valence-electron chi connectivity index (χ2n) is 6.40. The van der Waals surface area contributed by atoms with Gasteiger partial charge in [0.25, 0.3) is 5.91 Å². The molecule has 0 unspecified atom stereocenters. The summed E-state index contributed by atoms with van der Waals surface area (Å²) < 4.78 is 0. The number of nitrogens with zero attached hydrogens (tertiary/aromatic N) is 4. The van der Waals surface area contributed by atoms with Crippen LogP contribution in [-0.2, 0) is 6.54 Å². The molecular formula is C22H18N4O. The number of fused-ring (bicyclic) bond motifs is 1. The molecule has 5 nitrogen and oxygen atoms in total. The molecule has 4 rings (SSSR count). The lowest BCUT2D eigenvalue weighted by molar-refractivity contribution is 0.0986. The molecule has 0 atom stereocenters. The number of rotatable bonds is 3. The Morgan fingerprint density at radius 3 is 2.52 bits per heavy atom. The van der Waals surface area contributed by atoms with Crippen LogP contribution in [0.4, 0.5) is 11.5 Å². The van der Waals surface area contributed by atoms with E-state index in [0.717, 1.165) is 18.1 Å². The standard InChI is InChI=1S/C22H18N4O/c23-15-17-8-10-19(11-9-17)22(27)26-14-13-25(16-18-5-2-1-3-6-18)21-20(26)7-4-12-24-21/h1-12H,13-14,16H2. The molecule has 1 aliphatic rings. The topological polar surface area (TPSA) is 60.2 Å². The first kappa shape index (κ1) is 16.8. The number of amides is 1. The van der Waals surface area contributed by atoms with Gasteiger partial charge in [-0.05, 0) is 42.0 Å². The summed E-state index contributed by atoms with van der Waals surface area (Å²) in [5, 5.41) is 8.94. The third kappa shape index (κ3) is 3.38. The highest BCUT2D eigenvalue weighted by atomic mass is 16.2. The van der Waals surface area contributed by atoms with Crippen molar-refractivity contribution in [3.63, 3.8) is 0 Å². The van der Waals surface area contributed by atoms with Crippen molar-refractivity contribution in [3.05, 3.63) is 89.6 Å². The van der Waals surface area contributed by atoms with Gasteiger partial charge in [0, 0.05) is 31.4 Å². The highest BCUT2D eigenvalue weighted by Gasteiger charge is 2.28. The number of hydrogen-bond donors (Lipinski definition) is 0. The van der Waals surface area contributed by atoms with E-state index < -0.39 is 0 Å². The molecule has 0 radical (unpaired) electrons. The van der Waals surface area contributed by atoms with E-state index in [4.69, 9.17) is 5.26 Å². The van der Waals surface area contributed by atoms with E-state index >= 15 is 0 Å². The summed E-state index contributed by atoms with van der Waals surface area (Å²) in [5.74, 6) is 0.739. The van der Waals surface area contributed by atoms with Crippen LogP contribution in [-0.4, -0.2) is 24.0 Å². The zero-order chi connectivity index (χ0) is 18.6. The fourth-order valence-electron chi connectivity index (χ4n) is 3.30. The number of benzene rings is 2. The number of carbonyl (C=O) groups excluding carboxylic acids is 1. The van der Waals surface area contributed by atoms with Gasteiger partial charge in [0.05, 0.1) is 17.3 Å². The van der Waals surface area contributed by atoms with Crippen molar-refractivity contribution in [2.45, 2.75) is 6.54 Å². The molecule has 1 aromatic heterocycles. The van der Waals surface area contributed by atoms with Gasteiger partial charge in [-0.25, -0.2) is 4.98 Å². The zero-order valence-corrected chi connectivity index (χ0v) is 14.7. The molecule has 5 heteroatoms. The Morgan fingerprint density at radius 1 is 1.00 bits per heavy atom. The smallest absolute Gasteiger partial charge is 0.258 e. The second-order valence-corrected chi connectivity index (χ2v) is 6.40. The number of nitriles is 1. The lowest BCUT2D eigenvalue weighted by Gasteiger charge is -2.36. The number of pyridine rings is 1. The van der Waals surface area contributed by atoms with E-state index in [9.17, 15) is 4.79 Å². The lowest BCUT2D eigenvalue weighted by Crippen LogP contribution is -2.44. The molecule has 0 bridgehead atoms. The van der Waals surface area contributed by atoms with E-state index in [1.165, 1.54) is 5.56 Å². The van der Waals surface area contributed by atoms with Crippen LogP contribution in [0.3, 0.4) is 0 Å². The molecule has 0 spiro atoms. The van der Waals surface area contributed by atoms with Gasteiger partial charge in [-0.3, -0.25) is 4.79 Å². The summed E-state index contributed by atoms with van der Waals surface area (Å²) in [4.78, 5) is 21.5. The van der Waals surface area contributed by atoms with Crippen molar-refractivity contribution in [1.29, 1.82) is 5.26 Å². The van der Waals surface area contributed by atoms with Crippen LogP contribution in [0, 0.1) is 11.3 Å². The van der Waals surface area contributed by atoms with E-state index in [0.29, 0.717) is 24.2 Å². The number of carbonyl (C=O) groups is 1. The molecule has 0 saturated carbocycles. The molecule has 3 aromatic rings. The summed E-state index contributed by atoms with van der Waals surface area (Å²) in [5.41, 5.74) is 3.14. The molecule has 1 aliphatic heterocycles. The van der Waals surface area contributed by atoms with Crippen molar-refractivity contribution in [1.82, 2.24) is 4.98 Å². The molecule has 2 aromatic carbocycles. The minimum Gasteiger partial charge on any atom is -0.349 e. The quantitative estimate of drug-likeness (QED) is 0.721. The summed E-state index contributed by atoms with van der Waals surface area (Å²) in [7, 11) is 0. The maximum atomic E-state index is 13.0. The lowest BCUT2D eigenvalue weighted by atomic mass is 10.1. The first-order chi connectivity index (χ1) is 13.3. The predicted octanol–water partition coefficient (Wildman–Crippen LogP) is 3.62. The van der Waals surface area contributed by atoms with Crippen LogP contribution in [0.5, 0.6) is 0 Å². The van der Waals surface area contributed by atoms with Crippen LogP contribution in [0.2, 0.25) is 0 Å². The molecule has 0 aliphatic carbocycles. The third-order valence-electron chi connectivity index (χ3n) is 4.67. The van der Waals surface area contributed by atoms with Gasteiger partial charge >= 0.3 is 0 Å². The Balaban J connectivity index is 1.62. The molecule has 0 fully saturated rings. The van der Waals surface area contributed by atoms with Gasteiger partial charge in [-0.15, -0.1) is 0 Å². The molecular weight excluding hydrogens is 336 g/mol. The van der Waals surface area contributed by atoms with Crippen molar-refractivity contribution in [3.8, 4) is 6.07 Å². The fourth-order valence-corrected chi connectivity index (χ4v) is 3.30. The fraction of sp³-hybridized carbons (Fsp3) is 0.136. The predicted molar refractivity (Wildman–Crippen MR) is 105 cm³/mol. The first-order valence-electron chi connectivity index (χ1n) is 8.82. The summed E-state index contributed by atoms with van der Waals surface area (Å²) >= 11 is 0. The van der Waals surface area contributed by atoms with Crippen LogP contribution < -0.4 is 9.80 Å². The Labute approximate surface area is 158 Å². The van der Waals surface area contributed by atoms with Gasteiger partial charge in [0.2, 0.25) is 0 Å². The molecule has 0 saturated heterocycles. The molecule has 27 heavy (non-hydrogen) atoms. The largest absolute Gasteiger partial charge is 0.349 e. The molecule has 132 valence electrons. The first-order valence-corrected chi connectivity index (χ1v) is 8.82. The van der Waals surface area contributed by atoms with Gasteiger partial charge < -0.3 is 9.80 Å². The van der Waals surface area contributed by atoms with Crippen LogP contribution in [0.15, 0.2) is 72.9 Å². The number of aromatic nitrogens is 1. The van der Waals surface area contributed by atoms with E-state index in [-0.39, 0.29) is 5.91 Å². The average molecular weight is 354 g/mol. The van der Waals surface area contributed by atoms with Crippen LogP contribution in [0.25, 0.3) is 0 Å². The van der Waals surface area contributed by atoms with Crippen molar-refractivity contribution < 1.29 is 4.79 Å². The molecule has 2 heterocycles. The normalized spacial score (nSPS) is 13.0. The Morgan fingerprint density at radius 2 is 1.78 bits per heavy atom. The van der Waals surface area contributed by atoms with E-state index in [1.807, 2.05) is 30.3 Å². The highest BCUT2D eigenvalue weighted by Crippen LogP contribution is 2.32.